The molecule has 0 amide bonds. The molecule has 1 aromatic carbocycles. The Balaban J connectivity index is 3.22. The topological polar surface area (TPSA) is 57.5 Å². The van der Waals surface area contributed by atoms with Crippen molar-refractivity contribution in [1.82, 2.24) is 0 Å². The molecule has 1 rings (SSSR count). The third kappa shape index (κ3) is 2.00. The van der Waals surface area contributed by atoms with E-state index in [0.29, 0.717) is 6.07 Å². The molecule has 0 fully saturated rings. The number of hydrogen-bond donors (Lipinski definition) is 2. The van der Waals surface area contributed by atoms with E-state index in [-0.39, 0.29) is 0 Å². The van der Waals surface area contributed by atoms with Crippen molar-refractivity contribution in [3.05, 3.63) is 34.4 Å². The number of carboxylic acid groups (broad SMARTS) is 1. The first-order valence-corrected chi connectivity index (χ1v) is 3.86. The van der Waals surface area contributed by atoms with Gasteiger partial charge in [0, 0.05) is 11.6 Å². The molecule has 0 aliphatic rings. The van der Waals surface area contributed by atoms with Crippen LogP contribution in [-0.2, 0) is 4.79 Å². The Bertz CT molecular complexity index is 381. The summed E-state index contributed by atoms with van der Waals surface area (Å²) in [6, 6.07) is 1.16. The summed E-state index contributed by atoms with van der Waals surface area (Å²) < 4.78 is 25.5. The van der Waals surface area contributed by atoms with Crippen molar-refractivity contribution in [2.75, 3.05) is 0 Å². The molecule has 0 aliphatic carbocycles. The molecule has 0 saturated carbocycles. The third-order valence-electron chi connectivity index (χ3n) is 1.57. The molecule has 0 aromatic heterocycles. The largest absolute Gasteiger partial charge is 0.479 e. The van der Waals surface area contributed by atoms with Gasteiger partial charge in [-0.3, -0.25) is 0 Å². The van der Waals surface area contributed by atoms with Crippen molar-refractivity contribution in [2.45, 2.75) is 6.10 Å². The molecule has 2 N–H and O–H groups in total. The van der Waals surface area contributed by atoms with Gasteiger partial charge in [-0.2, -0.15) is 0 Å². The molecule has 1 atom stereocenters. The van der Waals surface area contributed by atoms with E-state index in [4.69, 9.17) is 21.8 Å². The lowest BCUT2D eigenvalue weighted by atomic mass is 10.1. The van der Waals surface area contributed by atoms with Gasteiger partial charge in [-0.25, -0.2) is 13.6 Å². The molecule has 76 valence electrons. The number of aliphatic hydroxyl groups excluding tert-OH is 1. The van der Waals surface area contributed by atoms with Crippen LogP contribution in [-0.4, -0.2) is 16.2 Å². The zero-order valence-electron chi connectivity index (χ0n) is 6.67. The fourth-order valence-corrected chi connectivity index (χ4v) is 1.05. The van der Waals surface area contributed by atoms with E-state index < -0.39 is 34.3 Å². The van der Waals surface area contributed by atoms with Crippen LogP contribution >= 0.6 is 11.6 Å². The monoisotopic (exact) mass is 222 g/mol. The van der Waals surface area contributed by atoms with Crippen molar-refractivity contribution < 1.29 is 23.8 Å². The van der Waals surface area contributed by atoms with Gasteiger partial charge >= 0.3 is 5.97 Å². The second kappa shape index (κ2) is 3.89. The zero-order valence-corrected chi connectivity index (χ0v) is 7.42. The van der Waals surface area contributed by atoms with Crippen molar-refractivity contribution in [3.63, 3.8) is 0 Å². The highest BCUT2D eigenvalue weighted by atomic mass is 35.5. The molecule has 1 unspecified atom stereocenters. The normalized spacial score (nSPS) is 12.6. The lowest BCUT2D eigenvalue weighted by molar-refractivity contribution is -0.147. The first kappa shape index (κ1) is 10.9. The van der Waals surface area contributed by atoms with E-state index >= 15 is 0 Å². The second-order valence-electron chi connectivity index (χ2n) is 2.53. The first-order chi connectivity index (χ1) is 6.43. The third-order valence-corrected chi connectivity index (χ3v) is 1.86. The maximum absolute atomic E-state index is 12.9. The van der Waals surface area contributed by atoms with Crippen LogP contribution < -0.4 is 0 Å². The predicted molar refractivity (Wildman–Crippen MR) is 44.0 cm³/mol. The maximum atomic E-state index is 12.9. The lowest BCUT2D eigenvalue weighted by Crippen LogP contribution is -2.12. The Kier molecular flexibility index (Phi) is 3.03. The van der Waals surface area contributed by atoms with Gasteiger partial charge in [-0.1, -0.05) is 11.6 Å². The van der Waals surface area contributed by atoms with Crippen LogP contribution in [0, 0.1) is 11.6 Å². The molecule has 0 bridgehead atoms. The second-order valence-corrected chi connectivity index (χ2v) is 2.94. The Hall–Kier alpha value is -1.20. The quantitative estimate of drug-likeness (QED) is 0.750. The van der Waals surface area contributed by atoms with Gasteiger partial charge in [-0.05, 0) is 6.07 Å². The minimum Gasteiger partial charge on any atom is -0.479 e. The highest BCUT2D eigenvalue weighted by molar-refractivity contribution is 6.30. The van der Waals surface area contributed by atoms with Crippen LogP contribution in [0.4, 0.5) is 8.78 Å². The first-order valence-electron chi connectivity index (χ1n) is 3.48. The zero-order chi connectivity index (χ0) is 10.9. The summed E-state index contributed by atoms with van der Waals surface area (Å²) in [5.41, 5.74) is -0.566. The average molecular weight is 223 g/mol. The van der Waals surface area contributed by atoms with Crippen molar-refractivity contribution >= 4 is 17.6 Å². The van der Waals surface area contributed by atoms with Crippen molar-refractivity contribution in [1.29, 1.82) is 0 Å². The molecular formula is C8H5ClF2O3. The van der Waals surface area contributed by atoms with Gasteiger partial charge in [0.15, 0.2) is 6.10 Å². The van der Waals surface area contributed by atoms with Crippen LogP contribution in [0.5, 0.6) is 0 Å². The molecule has 3 nitrogen and oxygen atoms in total. The van der Waals surface area contributed by atoms with Crippen molar-refractivity contribution in [2.24, 2.45) is 0 Å². The molecule has 0 spiro atoms. The minimum atomic E-state index is -2.05. The molecule has 0 radical (unpaired) electrons. The molecule has 0 heterocycles. The van der Waals surface area contributed by atoms with E-state index in [1.165, 1.54) is 0 Å². The van der Waals surface area contributed by atoms with Crippen LogP contribution in [0.3, 0.4) is 0 Å². The number of halogens is 3. The van der Waals surface area contributed by atoms with Crippen molar-refractivity contribution in [3.8, 4) is 0 Å². The average Bonchev–Trinajstić information content (AvgIpc) is 2.10. The summed E-state index contributed by atoms with van der Waals surface area (Å²) in [5, 5.41) is 16.9. The van der Waals surface area contributed by atoms with Gasteiger partial charge in [0.05, 0.1) is 5.02 Å². The van der Waals surface area contributed by atoms with Gasteiger partial charge < -0.3 is 10.2 Å². The number of carbonyl (C=O) groups is 1. The number of aliphatic carboxylic acids is 1. The Morgan fingerprint density at radius 2 is 1.93 bits per heavy atom. The van der Waals surface area contributed by atoms with E-state index in [2.05, 4.69) is 0 Å². The van der Waals surface area contributed by atoms with Crippen LogP contribution in [0.1, 0.15) is 11.7 Å². The molecule has 0 saturated heterocycles. The fourth-order valence-electron chi connectivity index (χ4n) is 0.881. The van der Waals surface area contributed by atoms with Crippen LogP contribution in [0.2, 0.25) is 5.02 Å². The Labute approximate surface area is 82.5 Å². The Morgan fingerprint density at radius 1 is 1.36 bits per heavy atom. The molecule has 14 heavy (non-hydrogen) atoms. The molecule has 6 heteroatoms. The van der Waals surface area contributed by atoms with Gasteiger partial charge in [0.25, 0.3) is 0 Å². The molecule has 0 aliphatic heterocycles. The minimum absolute atomic E-state index is 0.420. The highest BCUT2D eigenvalue weighted by Gasteiger charge is 2.21. The lowest BCUT2D eigenvalue weighted by Gasteiger charge is -2.07. The van der Waals surface area contributed by atoms with Crippen LogP contribution in [0.25, 0.3) is 0 Å². The number of benzene rings is 1. The summed E-state index contributed by atoms with van der Waals surface area (Å²) in [7, 11) is 0. The predicted octanol–water partition coefficient (Wildman–Crippen LogP) is 1.74. The number of hydrogen-bond acceptors (Lipinski definition) is 2. The van der Waals surface area contributed by atoms with Crippen LogP contribution in [0.15, 0.2) is 12.1 Å². The molecule has 1 aromatic rings. The highest BCUT2D eigenvalue weighted by Crippen LogP contribution is 2.24. The van der Waals surface area contributed by atoms with Gasteiger partial charge in [0.2, 0.25) is 0 Å². The summed E-state index contributed by atoms with van der Waals surface area (Å²) in [4.78, 5) is 10.3. The Morgan fingerprint density at radius 3 is 2.43 bits per heavy atom. The number of rotatable bonds is 2. The molecular weight excluding hydrogens is 218 g/mol. The standard InChI is InChI=1S/C8H5ClF2O3/c9-4-1-3(7(12)8(13)14)5(10)2-6(4)11/h1-2,7,12H,(H,13,14). The number of carboxylic acids is 1. The number of aliphatic hydroxyl groups is 1. The van der Waals surface area contributed by atoms with E-state index in [1.807, 2.05) is 0 Å². The summed E-state index contributed by atoms with van der Waals surface area (Å²) in [5.74, 6) is -3.79. The summed E-state index contributed by atoms with van der Waals surface area (Å²) >= 11 is 5.29. The van der Waals surface area contributed by atoms with E-state index in [1.54, 1.807) is 0 Å². The van der Waals surface area contributed by atoms with E-state index in [9.17, 15) is 13.6 Å². The summed E-state index contributed by atoms with van der Waals surface area (Å²) in [6.07, 6.45) is -2.05. The van der Waals surface area contributed by atoms with Gasteiger partial charge in [0.1, 0.15) is 11.6 Å². The van der Waals surface area contributed by atoms with E-state index in [0.717, 1.165) is 6.07 Å². The summed E-state index contributed by atoms with van der Waals surface area (Å²) in [6.45, 7) is 0. The fraction of sp³-hybridized carbons (Fsp3) is 0.125. The van der Waals surface area contributed by atoms with Gasteiger partial charge in [-0.15, -0.1) is 0 Å². The maximum Gasteiger partial charge on any atom is 0.337 e. The SMILES string of the molecule is O=C(O)C(O)c1cc(Cl)c(F)cc1F. The smallest absolute Gasteiger partial charge is 0.337 e.